The average molecular weight is 409 g/mol. The number of allylic oxidation sites excluding steroid dienone is 1. The van der Waals surface area contributed by atoms with Crippen molar-refractivity contribution in [1.82, 2.24) is 0 Å². The van der Waals surface area contributed by atoms with Crippen molar-refractivity contribution >= 4 is 34.6 Å². The van der Waals surface area contributed by atoms with Gasteiger partial charge in [0, 0.05) is 17.2 Å². The van der Waals surface area contributed by atoms with Crippen LogP contribution in [0.3, 0.4) is 0 Å². The summed E-state index contributed by atoms with van der Waals surface area (Å²) in [7, 11) is 0. The maximum absolute atomic E-state index is 11.5. The number of nitro benzene ring substituents is 1. The minimum atomic E-state index is -0.410. The van der Waals surface area contributed by atoms with Crippen molar-refractivity contribution in [1.29, 1.82) is 0 Å². The fourth-order valence-corrected chi connectivity index (χ4v) is 3.26. The Bertz CT molecular complexity index is 849. The number of rotatable bonds is 8. The maximum Gasteiger partial charge on any atom is 0.292 e. The van der Waals surface area contributed by atoms with Gasteiger partial charge in [0.25, 0.3) is 5.69 Å². The molecule has 0 radical (unpaired) electrons. The van der Waals surface area contributed by atoms with E-state index in [9.17, 15) is 10.1 Å². The lowest BCUT2D eigenvalue weighted by Gasteiger charge is -2.30. The first-order chi connectivity index (χ1) is 12.8. The molecular weight excluding hydrogens is 387 g/mol. The highest BCUT2D eigenvalue weighted by atomic mass is 35.5. The highest BCUT2D eigenvalue weighted by molar-refractivity contribution is 6.35. The van der Waals surface area contributed by atoms with E-state index < -0.39 is 4.92 Å². The second kappa shape index (κ2) is 9.11. The van der Waals surface area contributed by atoms with E-state index in [4.69, 9.17) is 27.9 Å². The zero-order valence-corrected chi connectivity index (χ0v) is 17.0. The Morgan fingerprint density at radius 1 is 1.19 bits per heavy atom. The summed E-state index contributed by atoms with van der Waals surface area (Å²) in [6, 6.07) is 9.48. The van der Waals surface area contributed by atoms with Crippen LogP contribution in [-0.4, -0.2) is 10.5 Å². The van der Waals surface area contributed by atoms with Crippen molar-refractivity contribution in [2.45, 2.75) is 39.2 Å². The van der Waals surface area contributed by atoms with Gasteiger partial charge in [-0.25, -0.2) is 0 Å². The van der Waals surface area contributed by atoms with E-state index in [1.807, 2.05) is 32.9 Å². The number of hydrogen-bond donors (Lipinski definition) is 1. The van der Waals surface area contributed by atoms with Gasteiger partial charge in [-0.2, -0.15) is 0 Å². The van der Waals surface area contributed by atoms with E-state index in [1.54, 1.807) is 30.3 Å². The molecule has 2 aromatic rings. The van der Waals surface area contributed by atoms with E-state index in [2.05, 4.69) is 5.32 Å². The lowest BCUT2D eigenvalue weighted by atomic mass is 9.91. The van der Waals surface area contributed by atoms with E-state index in [1.165, 1.54) is 6.07 Å². The highest BCUT2D eigenvalue weighted by Gasteiger charge is 2.26. The quantitative estimate of drug-likeness (QED) is 0.284. The predicted molar refractivity (Wildman–Crippen MR) is 111 cm³/mol. The Hall–Kier alpha value is -2.24. The fraction of sp³-hybridized carbons (Fsp3) is 0.300. The standard InChI is InChI=1S/C20H22Cl2N2O3/c1-4-11-20(5-2,6-3)23-17-13-15(8-9-18(17)24(25)26)27-19-10-7-14(21)12-16(19)22/h4,7-13,23H,5-6H2,1-3H3. The van der Waals surface area contributed by atoms with Crippen molar-refractivity contribution in [3.8, 4) is 11.5 Å². The van der Waals surface area contributed by atoms with Gasteiger partial charge in [-0.1, -0.05) is 49.2 Å². The molecule has 0 aliphatic carbocycles. The number of nitrogens with one attached hydrogen (secondary N) is 1. The van der Waals surface area contributed by atoms with Crippen LogP contribution in [0.5, 0.6) is 11.5 Å². The van der Waals surface area contributed by atoms with Crippen LogP contribution in [-0.2, 0) is 0 Å². The van der Waals surface area contributed by atoms with Gasteiger partial charge in [-0.05, 0) is 44.0 Å². The van der Waals surface area contributed by atoms with Crippen LogP contribution in [0.25, 0.3) is 0 Å². The van der Waals surface area contributed by atoms with Gasteiger partial charge >= 0.3 is 0 Å². The van der Waals surface area contributed by atoms with Gasteiger partial charge in [0.2, 0.25) is 0 Å². The molecule has 2 rings (SSSR count). The molecule has 0 bridgehead atoms. The summed E-state index contributed by atoms with van der Waals surface area (Å²) in [5.74, 6) is 0.862. The summed E-state index contributed by atoms with van der Waals surface area (Å²) in [6.45, 7) is 6.00. The van der Waals surface area contributed by atoms with Gasteiger partial charge in [0.05, 0.1) is 15.5 Å². The summed E-state index contributed by atoms with van der Waals surface area (Å²) in [6.07, 6.45) is 5.53. The third-order valence-electron chi connectivity index (χ3n) is 4.42. The number of hydrogen-bond acceptors (Lipinski definition) is 4. The second-order valence-corrected chi connectivity index (χ2v) is 6.94. The molecule has 0 aliphatic heterocycles. The average Bonchev–Trinajstić information content (AvgIpc) is 2.63. The number of halogens is 2. The number of ether oxygens (including phenoxy) is 1. The second-order valence-electron chi connectivity index (χ2n) is 6.10. The molecule has 1 N–H and O–H groups in total. The number of anilines is 1. The third kappa shape index (κ3) is 5.15. The molecule has 0 spiro atoms. The molecule has 0 unspecified atom stereocenters. The summed E-state index contributed by atoms with van der Waals surface area (Å²) in [5, 5.41) is 15.7. The third-order valence-corrected chi connectivity index (χ3v) is 4.95. The summed E-state index contributed by atoms with van der Waals surface area (Å²) < 4.78 is 5.81. The molecule has 0 amide bonds. The minimum Gasteiger partial charge on any atom is -0.456 e. The zero-order chi connectivity index (χ0) is 20.0. The van der Waals surface area contributed by atoms with Gasteiger partial charge in [0.1, 0.15) is 17.2 Å². The first-order valence-corrected chi connectivity index (χ1v) is 9.43. The van der Waals surface area contributed by atoms with Crippen LogP contribution in [0.4, 0.5) is 11.4 Å². The molecule has 0 atom stereocenters. The van der Waals surface area contributed by atoms with Crippen molar-refractivity contribution in [3.63, 3.8) is 0 Å². The Balaban J connectivity index is 2.43. The largest absolute Gasteiger partial charge is 0.456 e. The Morgan fingerprint density at radius 3 is 2.44 bits per heavy atom. The molecule has 144 valence electrons. The molecule has 0 heterocycles. The normalized spacial score (nSPS) is 11.6. The Labute approximate surface area is 169 Å². The topological polar surface area (TPSA) is 64.4 Å². The fourth-order valence-electron chi connectivity index (χ4n) is 2.81. The summed E-state index contributed by atoms with van der Waals surface area (Å²) >= 11 is 12.1. The van der Waals surface area contributed by atoms with Crippen LogP contribution >= 0.6 is 23.2 Å². The van der Waals surface area contributed by atoms with Crippen molar-refractivity contribution in [2.24, 2.45) is 0 Å². The molecule has 5 nitrogen and oxygen atoms in total. The molecule has 7 heteroatoms. The summed E-state index contributed by atoms with van der Waals surface area (Å²) in [4.78, 5) is 11.1. The molecule has 27 heavy (non-hydrogen) atoms. The predicted octanol–water partition coefficient (Wildman–Crippen LogP) is 7.24. The van der Waals surface area contributed by atoms with Crippen molar-refractivity contribution < 1.29 is 9.66 Å². The summed E-state index contributed by atoms with van der Waals surface area (Å²) in [5.41, 5.74) is 0.000450. The molecule has 0 fully saturated rings. The van der Waals surface area contributed by atoms with Crippen molar-refractivity contribution in [3.05, 3.63) is 68.7 Å². The van der Waals surface area contributed by atoms with Crippen LogP contribution in [0, 0.1) is 10.1 Å². The Morgan fingerprint density at radius 2 is 1.89 bits per heavy atom. The lowest BCUT2D eigenvalue weighted by Crippen LogP contribution is -2.34. The molecule has 0 aliphatic rings. The zero-order valence-electron chi connectivity index (χ0n) is 15.5. The van der Waals surface area contributed by atoms with Crippen LogP contribution in [0.15, 0.2) is 48.6 Å². The smallest absolute Gasteiger partial charge is 0.292 e. The van der Waals surface area contributed by atoms with Crippen LogP contribution < -0.4 is 10.1 Å². The first-order valence-electron chi connectivity index (χ1n) is 8.67. The van der Waals surface area contributed by atoms with Gasteiger partial charge in [-0.15, -0.1) is 0 Å². The van der Waals surface area contributed by atoms with Crippen LogP contribution in [0.2, 0.25) is 10.0 Å². The maximum atomic E-state index is 11.5. The van der Waals surface area contributed by atoms with Crippen LogP contribution in [0.1, 0.15) is 33.6 Å². The van der Waals surface area contributed by atoms with Gasteiger partial charge in [-0.3, -0.25) is 10.1 Å². The number of nitro groups is 1. The van der Waals surface area contributed by atoms with E-state index in [0.717, 1.165) is 12.8 Å². The number of nitrogens with zero attached hydrogens (tertiary/aromatic N) is 1. The first kappa shape index (κ1) is 21.1. The van der Waals surface area contributed by atoms with Gasteiger partial charge in [0.15, 0.2) is 0 Å². The molecule has 0 aromatic heterocycles. The van der Waals surface area contributed by atoms with E-state index in [-0.39, 0.29) is 11.2 Å². The molecule has 2 aromatic carbocycles. The monoisotopic (exact) mass is 408 g/mol. The van der Waals surface area contributed by atoms with Gasteiger partial charge < -0.3 is 10.1 Å². The number of benzene rings is 2. The Kier molecular flexibility index (Phi) is 7.11. The molecule has 0 saturated carbocycles. The minimum absolute atomic E-state index is 0.0136. The van der Waals surface area contributed by atoms with Crippen molar-refractivity contribution in [2.75, 3.05) is 5.32 Å². The lowest BCUT2D eigenvalue weighted by molar-refractivity contribution is -0.384. The highest BCUT2D eigenvalue weighted by Crippen LogP contribution is 2.37. The van der Waals surface area contributed by atoms with E-state index >= 15 is 0 Å². The molecule has 0 saturated heterocycles. The SMILES string of the molecule is CC=CC(CC)(CC)Nc1cc(Oc2ccc(Cl)cc2Cl)ccc1[N+](=O)[O-]. The van der Waals surface area contributed by atoms with E-state index in [0.29, 0.717) is 27.2 Å². The molecular formula is C20H22Cl2N2O3.